The van der Waals surface area contributed by atoms with Crippen LogP contribution < -0.4 is 5.32 Å². The summed E-state index contributed by atoms with van der Waals surface area (Å²) in [5, 5.41) is 11.9. The molecule has 1 amide bonds. The monoisotopic (exact) mass is 260 g/mol. The van der Waals surface area contributed by atoms with Gasteiger partial charge in [-0.2, -0.15) is 0 Å². The van der Waals surface area contributed by atoms with Crippen LogP contribution in [0, 0.1) is 11.8 Å². The number of hydrogen-bond donors (Lipinski definition) is 2. The predicted octanol–water partition coefficient (Wildman–Crippen LogP) is 2.08. The fourth-order valence-electron chi connectivity index (χ4n) is 2.28. The fourth-order valence-corrected chi connectivity index (χ4v) is 2.28. The first-order chi connectivity index (χ1) is 9.08. The van der Waals surface area contributed by atoms with Crippen LogP contribution in [0.1, 0.15) is 19.8 Å². The second-order valence-corrected chi connectivity index (χ2v) is 4.77. The molecule has 0 fully saturated rings. The number of anilines is 1. The predicted molar refractivity (Wildman–Crippen MR) is 70.5 cm³/mol. The minimum Gasteiger partial charge on any atom is -0.481 e. The van der Waals surface area contributed by atoms with Crippen LogP contribution in [0.15, 0.2) is 36.2 Å². The Balaban J connectivity index is 2.12. The number of pyridine rings is 1. The minimum atomic E-state index is -0.921. The Morgan fingerprint density at radius 1 is 1.42 bits per heavy atom. The van der Waals surface area contributed by atoms with Gasteiger partial charge in [0.2, 0.25) is 5.91 Å². The van der Waals surface area contributed by atoms with Gasteiger partial charge in [-0.1, -0.05) is 11.6 Å². The van der Waals surface area contributed by atoms with E-state index in [1.807, 2.05) is 13.0 Å². The van der Waals surface area contributed by atoms with E-state index >= 15 is 0 Å². The maximum atomic E-state index is 12.2. The highest BCUT2D eigenvalue weighted by molar-refractivity contribution is 5.95. The van der Waals surface area contributed by atoms with E-state index in [9.17, 15) is 14.7 Å². The molecule has 0 saturated heterocycles. The zero-order valence-corrected chi connectivity index (χ0v) is 10.7. The van der Waals surface area contributed by atoms with Crippen molar-refractivity contribution in [1.29, 1.82) is 0 Å². The van der Waals surface area contributed by atoms with Gasteiger partial charge in [0.05, 0.1) is 23.7 Å². The largest absolute Gasteiger partial charge is 0.481 e. The lowest BCUT2D eigenvalue weighted by molar-refractivity contribution is -0.146. The van der Waals surface area contributed by atoms with Gasteiger partial charge in [-0.05, 0) is 31.9 Å². The van der Waals surface area contributed by atoms with E-state index in [4.69, 9.17) is 0 Å². The zero-order chi connectivity index (χ0) is 13.8. The highest BCUT2D eigenvalue weighted by Crippen LogP contribution is 2.30. The SMILES string of the molecule is CC1=CC[C@@H](C(=O)O)[C@@H](C(=O)Nc2cccnc2)C1. The van der Waals surface area contributed by atoms with Crippen molar-refractivity contribution in [3.05, 3.63) is 36.2 Å². The third-order valence-electron chi connectivity index (χ3n) is 3.33. The summed E-state index contributed by atoms with van der Waals surface area (Å²) in [5.41, 5.74) is 1.65. The average Bonchev–Trinajstić information content (AvgIpc) is 2.39. The molecule has 1 aromatic rings. The number of rotatable bonds is 3. The van der Waals surface area contributed by atoms with Crippen molar-refractivity contribution < 1.29 is 14.7 Å². The Kier molecular flexibility index (Phi) is 3.94. The molecule has 5 nitrogen and oxygen atoms in total. The van der Waals surface area contributed by atoms with Crippen LogP contribution in [0.5, 0.6) is 0 Å². The molecule has 2 rings (SSSR count). The second-order valence-electron chi connectivity index (χ2n) is 4.77. The van der Waals surface area contributed by atoms with Crippen LogP contribution in [0.2, 0.25) is 0 Å². The third-order valence-corrected chi connectivity index (χ3v) is 3.33. The van der Waals surface area contributed by atoms with Crippen LogP contribution in [0.4, 0.5) is 5.69 Å². The minimum absolute atomic E-state index is 0.257. The van der Waals surface area contributed by atoms with Gasteiger partial charge in [0.1, 0.15) is 0 Å². The number of allylic oxidation sites excluding steroid dienone is 2. The van der Waals surface area contributed by atoms with Crippen LogP contribution in [0.3, 0.4) is 0 Å². The molecule has 1 aromatic heterocycles. The number of aromatic nitrogens is 1. The molecule has 0 radical (unpaired) electrons. The van der Waals surface area contributed by atoms with Crippen molar-refractivity contribution in [3.63, 3.8) is 0 Å². The summed E-state index contributed by atoms with van der Waals surface area (Å²) < 4.78 is 0. The number of aliphatic carboxylic acids is 1. The lowest BCUT2D eigenvalue weighted by Gasteiger charge is -2.26. The molecule has 1 heterocycles. The molecule has 5 heteroatoms. The van der Waals surface area contributed by atoms with E-state index in [0.29, 0.717) is 18.5 Å². The Hall–Kier alpha value is -2.17. The summed E-state index contributed by atoms with van der Waals surface area (Å²) in [6.07, 6.45) is 5.95. The van der Waals surface area contributed by atoms with E-state index in [0.717, 1.165) is 5.57 Å². The van der Waals surface area contributed by atoms with Gasteiger partial charge in [0.25, 0.3) is 0 Å². The van der Waals surface area contributed by atoms with Crippen molar-refractivity contribution >= 4 is 17.6 Å². The quantitative estimate of drug-likeness (QED) is 0.815. The van der Waals surface area contributed by atoms with Gasteiger partial charge >= 0.3 is 5.97 Å². The highest BCUT2D eigenvalue weighted by Gasteiger charge is 2.35. The smallest absolute Gasteiger partial charge is 0.307 e. The first-order valence-electron chi connectivity index (χ1n) is 6.17. The standard InChI is InChI=1S/C14H16N2O3/c1-9-4-5-11(14(18)19)12(7-9)13(17)16-10-3-2-6-15-8-10/h2-4,6,8,11-12H,5,7H2,1H3,(H,16,17)(H,18,19)/t11-,12+/m1/s1. The van der Waals surface area contributed by atoms with Gasteiger partial charge in [0, 0.05) is 6.20 Å². The summed E-state index contributed by atoms with van der Waals surface area (Å²) in [6.45, 7) is 1.92. The number of amides is 1. The van der Waals surface area contributed by atoms with Crippen molar-refractivity contribution in [2.45, 2.75) is 19.8 Å². The molecule has 0 saturated carbocycles. The summed E-state index contributed by atoms with van der Waals surface area (Å²) >= 11 is 0. The second kappa shape index (κ2) is 5.65. The highest BCUT2D eigenvalue weighted by atomic mass is 16.4. The number of nitrogens with zero attached hydrogens (tertiary/aromatic N) is 1. The van der Waals surface area contributed by atoms with E-state index in [1.54, 1.807) is 24.5 Å². The first-order valence-corrected chi connectivity index (χ1v) is 6.17. The van der Waals surface area contributed by atoms with Crippen molar-refractivity contribution in [2.75, 3.05) is 5.32 Å². The Morgan fingerprint density at radius 3 is 2.84 bits per heavy atom. The fraction of sp³-hybridized carbons (Fsp3) is 0.357. The molecule has 0 bridgehead atoms. The molecule has 19 heavy (non-hydrogen) atoms. The number of hydrogen-bond acceptors (Lipinski definition) is 3. The summed E-state index contributed by atoms with van der Waals surface area (Å²) in [4.78, 5) is 27.3. The van der Waals surface area contributed by atoms with Crippen LogP contribution in [-0.2, 0) is 9.59 Å². The maximum absolute atomic E-state index is 12.2. The van der Waals surface area contributed by atoms with Gasteiger partial charge in [-0.15, -0.1) is 0 Å². The molecular formula is C14H16N2O3. The molecule has 2 atom stereocenters. The van der Waals surface area contributed by atoms with Crippen LogP contribution in [-0.4, -0.2) is 22.0 Å². The van der Waals surface area contributed by atoms with E-state index in [1.165, 1.54) is 0 Å². The van der Waals surface area contributed by atoms with Gasteiger partial charge in [0.15, 0.2) is 0 Å². The van der Waals surface area contributed by atoms with Crippen LogP contribution >= 0.6 is 0 Å². The lowest BCUT2D eigenvalue weighted by atomic mass is 9.79. The average molecular weight is 260 g/mol. The Labute approximate surface area is 111 Å². The van der Waals surface area contributed by atoms with E-state index in [-0.39, 0.29) is 5.91 Å². The first kappa shape index (κ1) is 13.3. The van der Waals surface area contributed by atoms with Gasteiger partial charge < -0.3 is 10.4 Å². The molecule has 0 aromatic carbocycles. The van der Waals surface area contributed by atoms with E-state index < -0.39 is 17.8 Å². The lowest BCUT2D eigenvalue weighted by Crippen LogP contribution is -2.35. The molecule has 0 aliphatic heterocycles. The number of nitrogens with one attached hydrogen (secondary N) is 1. The molecule has 2 N–H and O–H groups in total. The van der Waals surface area contributed by atoms with E-state index in [2.05, 4.69) is 10.3 Å². The van der Waals surface area contributed by atoms with Crippen molar-refractivity contribution in [3.8, 4) is 0 Å². The summed E-state index contributed by atoms with van der Waals surface area (Å²) in [5.74, 6) is -2.36. The summed E-state index contributed by atoms with van der Waals surface area (Å²) in [7, 11) is 0. The molecule has 1 aliphatic rings. The molecular weight excluding hydrogens is 244 g/mol. The van der Waals surface area contributed by atoms with Crippen molar-refractivity contribution in [1.82, 2.24) is 4.98 Å². The molecule has 0 unspecified atom stereocenters. The van der Waals surface area contributed by atoms with Crippen molar-refractivity contribution in [2.24, 2.45) is 11.8 Å². The van der Waals surface area contributed by atoms with Gasteiger partial charge in [-0.3, -0.25) is 14.6 Å². The topological polar surface area (TPSA) is 79.3 Å². The molecule has 0 spiro atoms. The third kappa shape index (κ3) is 3.19. The van der Waals surface area contributed by atoms with Crippen LogP contribution in [0.25, 0.3) is 0 Å². The Morgan fingerprint density at radius 2 is 2.21 bits per heavy atom. The van der Waals surface area contributed by atoms with Gasteiger partial charge in [-0.25, -0.2) is 0 Å². The number of carbonyl (C=O) groups excluding carboxylic acids is 1. The molecule has 100 valence electrons. The number of carboxylic acids is 1. The number of carboxylic acid groups (broad SMARTS) is 1. The summed E-state index contributed by atoms with van der Waals surface area (Å²) in [6, 6.07) is 3.45. The Bertz CT molecular complexity index is 511. The zero-order valence-electron chi connectivity index (χ0n) is 10.7. The maximum Gasteiger partial charge on any atom is 0.307 e. The normalized spacial score (nSPS) is 22.5. The molecule has 1 aliphatic carbocycles. The number of carbonyl (C=O) groups is 2.